The van der Waals surface area contributed by atoms with Crippen molar-refractivity contribution >= 4 is 17.5 Å². The van der Waals surface area contributed by atoms with Crippen LogP contribution in [-0.4, -0.2) is 22.8 Å². The largest absolute Gasteiger partial charge is 0.481 e. The predicted molar refractivity (Wildman–Crippen MR) is 124 cm³/mol. The zero-order valence-electron chi connectivity index (χ0n) is 18.1. The molecule has 5 rings (SSSR count). The lowest BCUT2D eigenvalue weighted by atomic mass is 9.86. The number of rotatable bonds is 3. The number of benzene rings is 3. The van der Waals surface area contributed by atoms with Crippen LogP contribution in [0.15, 0.2) is 72.8 Å². The third-order valence-electron chi connectivity index (χ3n) is 6.34. The summed E-state index contributed by atoms with van der Waals surface area (Å²) in [6, 6.07) is 23.2. The highest BCUT2D eigenvalue weighted by Crippen LogP contribution is 2.38. The van der Waals surface area contributed by atoms with Gasteiger partial charge < -0.3 is 15.0 Å². The van der Waals surface area contributed by atoms with Gasteiger partial charge in [0.2, 0.25) is 0 Å². The lowest BCUT2D eigenvalue weighted by Crippen LogP contribution is -2.41. The Kier molecular flexibility index (Phi) is 5.39. The van der Waals surface area contributed by atoms with E-state index in [1.54, 1.807) is 12.1 Å². The Morgan fingerprint density at radius 3 is 2.62 bits per heavy atom. The van der Waals surface area contributed by atoms with Gasteiger partial charge in [-0.25, -0.2) is 0 Å². The van der Waals surface area contributed by atoms with Gasteiger partial charge in [-0.1, -0.05) is 42.5 Å². The topological polar surface area (TPSA) is 58.6 Å². The zero-order valence-corrected chi connectivity index (χ0v) is 18.1. The van der Waals surface area contributed by atoms with Gasteiger partial charge in [-0.3, -0.25) is 9.59 Å². The molecule has 1 N–H and O–H groups in total. The van der Waals surface area contributed by atoms with Crippen LogP contribution in [-0.2, 0) is 17.8 Å². The molecule has 0 bridgehead atoms. The van der Waals surface area contributed by atoms with Gasteiger partial charge in [0.05, 0.1) is 12.6 Å². The lowest BCUT2D eigenvalue weighted by Gasteiger charge is -2.35. The highest BCUT2D eigenvalue weighted by atomic mass is 16.5. The Hall–Kier alpha value is -3.60. The molecule has 5 nitrogen and oxygen atoms in total. The summed E-state index contributed by atoms with van der Waals surface area (Å²) in [6.07, 6.45) is 2.48. The number of ether oxygens (including phenoxy) is 1. The summed E-state index contributed by atoms with van der Waals surface area (Å²) in [5.74, 6) is 0.524. The van der Waals surface area contributed by atoms with Crippen LogP contribution in [0.5, 0.6) is 5.75 Å². The van der Waals surface area contributed by atoms with Gasteiger partial charge in [0, 0.05) is 16.8 Å². The molecule has 32 heavy (non-hydrogen) atoms. The average molecular weight is 427 g/mol. The molecular formula is C27H26N2O3. The molecule has 1 aliphatic carbocycles. The van der Waals surface area contributed by atoms with Crippen molar-refractivity contribution in [3.63, 3.8) is 0 Å². The maximum Gasteiger partial charge on any atom is 0.264 e. The Labute approximate surface area is 188 Å². The van der Waals surface area contributed by atoms with E-state index >= 15 is 0 Å². The second kappa shape index (κ2) is 8.50. The van der Waals surface area contributed by atoms with E-state index in [1.807, 2.05) is 54.3 Å². The average Bonchev–Trinajstić information content (AvgIpc) is 2.95. The van der Waals surface area contributed by atoms with Crippen LogP contribution in [0.4, 0.5) is 5.69 Å². The van der Waals surface area contributed by atoms with Crippen LogP contribution in [0, 0.1) is 0 Å². The third-order valence-corrected chi connectivity index (χ3v) is 6.34. The number of aryl methyl sites for hydroxylation is 1. The van der Waals surface area contributed by atoms with Gasteiger partial charge in [0.25, 0.3) is 11.8 Å². The van der Waals surface area contributed by atoms with Crippen LogP contribution in [0.2, 0.25) is 0 Å². The van der Waals surface area contributed by atoms with Gasteiger partial charge in [0.15, 0.2) is 6.10 Å². The molecule has 0 saturated heterocycles. The fourth-order valence-corrected chi connectivity index (χ4v) is 4.74. The first-order valence-corrected chi connectivity index (χ1v) is 11.1. The Bertz CT molecular complexity index is 1160. The number of carbonyl (C=O) groups excluding carboxylic acids is 2. The minimum Gasteiger partial charge on any atom is -0.481 e. The van der Waals surface area contributed by atoms with Gasteiger partial charge >= 0.3 is 0 Å². The molecule has 0 radical (unpaired) electrons. The molecule has 3 aromatic carbocycles. The molecule has 1 heterocycles. The van der Waals surface area contributed by atoms with Crippen molar-refractivity contribution in [3.8, 4) is 5.75 Å². The monoisotopic (exact) mass is 426 g/mol. The van der Waals surface area contributed by atoms with Crippen LogP contribution >= 0.6 is 0 Å². The summed E-state index contributed by atoms with van der Waals surface area (Å²) >= 11 is 0. The summed E-state index contributed by atoms with van der Waals surface area (Å²) in [5.41, 5.74) is 4.74. The van der Waals surface area contributed by atoms with Crippen molar-refractivity contribution in [1.29, 1.82) is 0 Å². The van der Waals surface area contributed by atoms with Crippen molar-refractivity contribution in [3.05, 3.63) is 95.1 Å². The Morgan fingerprint density at radius 2 is 1.78 bits per heavy atom. The number of hydrogen-bond donors (Lipinski definition) is 1. The van der Waals surface area contributed by atoms with E-state index in [4.69, 9.17) is 4.74 Å². The number of hydrogen-bond acceptors (Lipinski definition) is 3. The Balaban J connectivity index is 1.45. The summed E-state index contributed by atoms with van der Waals surface area (Å²) < 4.78 is 6.02. The number of anilines is 1. The number of amides is 2. The van der Waals surface area contributed by atoms with Crippen molar-refractivity contribution in [1.82, 2.24) is 4.90 Å². The second-order valence-electron chi connectivity index (χ2n) is 8.48. The maximum atomic E-state index is 13.3. The van der Waals surface area contributed by atoms with Crippen LogP contribution in [0.25, 0.3) is 0 Å². The molecule has 0 unspecified atom stereocenters. The fraction of sp³-hybridized carbons (Fsp3) is 0.259. The lowest BCUT2D eigenvalue weighted by molar-refractivity contribution is -0.140. The predicted octanol–water partition coefficient (Wildman–Crippen LogP) is 5.13. The molecule has 3 aromatic rings. The minimum absolute atomic E-state index is 0.00206. The van der Waals surface area contributed by atoms with E-state index in [0.717, 1.165) is 24.8 Å². The molecule has 5 heteroatoms. The highest BCUT2D eigenvalue weighted by molar-refractivity contribution is 6.04. The summed E-state index contributed by atoms with van der Waals surface area (Å²) in [5, 5.41) is 2.96. The molecule has 2 aliphatic rings. The standard InChI is InChI=1S/C27H26N2O3/c1-18-27(31)29(24-13-7-11-19-8-5-6-12-23(19)24)17-21-16-22(14-15-25(21)32-18)28-26(30)20-9-3-2-4-10-20/h2-6,8-10,12,14-16,18,24H,7,11,13,17H2,1H3,(H,28,30)/t18-,24+/m1/s1. The number of carbonyl (C=O) groups is 2. The van der Waals surface area contributed by atoms with Crippen molar-refractivity contribution in [2.45, 2.75) is 44.9 Å². The molecule has 0 spiro atoms. The van der Waals surface area contributed by atoms with Crippen molar-refractivity contribution in [2.75, 3.05) is 5.32 Å². The van der Waals surface area contributed by atoms with Gasteiger partial charge in [-0.15, -0.1) is 0 Å². The molecule has 1 aliphatic heterocycles. The summed E-state index contributed by atoms with van der Waals surface area (Å²) in [6.45, 7) is 2.26. The van der Waals surface area contributed by atoms with E-state index < -0.39 is 6.10 Å². The van der Waals surface area contributed by atoms with Gasteiger partial charge in [-0.2, -0.15) is 0 Å². The third kappa shape index (κ3) is 3.86. The first-order valence-electron chi connectivity index (χ1n) is 11.1. The summed E-state index contributed by atoms with van der Waals surface area (Å²) in [7, 11) is 0. The highest BCUT2D eigenvalue weighted by Gasteiger charge is 2.35. The molecule has 162 valence electrons. The van der Waals surface area contributed by atoms with Gasteiger partial charge in [0.1, 0.15) is 5.75 Å². The molecule has 0 saturated carbocycles. The molecular weight excluding hydrogens is 400 g/mol. The van der Waals surface area contributed by atoms with Crippen LogP contribution in [0.1, 0.15) is 52.9 Å². The molecule has 0 aromatic heterocycles. The molecule has 2 atom stereocenters. The van der Waals surface area contributed by atoms with Gasteiger partial charge in [-0.05, 0) is 67.6 Å². The number of nitrogens with one attached hydrogen (secondary N) is 1. The second-order valence-corrected chi connectivity index (χ2v) is 8.48. The van der Waals surface area contributed by atoms with E-state index in [-0.39, 0.29) is 17.9 Å². The normalized spacial score (nSPS) is 19.9. The number of fused-ring (bicyclic) bond motifs is 2. The van der Waals surface area contributed by atoms with Crippen LogP contribution in [0.3, 0.4) is 0 Å². The Morgan fingerprint density at radius 1 is 1.00 bits per heavy atom. The summed E-state index contributed by atoms with van der Waals surface area (Å²) in [4.78, 5) is 27.9. The van der Waals surface area contributed by atoms with Crippen molar-refractivity contribution in [2.24, 2.45) is 0 Å². The minimum atomic E-state index is -0.560. The maximum absolute atomic E-state index is 13.3. The quantitative estimate of drug-likeness (QED) is 0.632. The smallest absolute Gasteiger partial charge is 0.264 e. The van der Waals surface area contributed by atoms with E-state index in [2.05, 4.69) is 23.5 Å². The van der Waals surface area contributed by atoms with E-state index in [1.165, 1.54) is 11.1 Å². The van der Waals surface area contributed by atoms with E-state index in [9.17, 15) is 9.59 Å². The molecule has 2 amide bonds. The van der Waals surface area contributed by atoms with E-state index in [0.29, 0.717) is 23.5 Å². The molecule has 0 fully saturated rings. The fourth-order valence-electron chi connectivity index (χ4n) is 4.74. The first-order chi connectivity index (χ1) is 15.6. The van der Waals surface area contributed by atoms with Crippen molar-refractivity contribution < 1.29 is 14.3 Å². The SMILES string of the molecule is C[C@H]1Oc2ccc(NC(=O)c3ccccc3)cc2CN([C@H]2CCCc3ccccc32)C1=O. The van der Waals surface area contributed by atoms with Crippen LogP contribution < -0.4 is 10.1 Å². The first kappa shape index (κ1) is 20.3. The number of nitrogens with zero attached hydrogens (tertiary/aromatic N) is 1. The zero-order chi connectivity index (χ0) is 22.1.